The Balaban J connectivity index is 1.36. The fourth-order valence-electron chi connectivity index (χ4n) is 6.09. The Labute approximate surface area is 249 Å². The van der Waals surface area contributed by atoms with E-state index in [1.807, 2.05) is 55.5 Å². The van der Waals surface area contributed by atoms with Gasteiger partial charge in [0.05, 0.1) is 31.0 Å². The van der Waals surface area contributed by atoms with Gasteiger partial charge in [-0.2, -0.15) is 0 Å². The van der Waals surface area contributed by atoms with Gasteiger partial charge in [0.15, 0.2) is 0 Å². The number of Topliss-reactive ketones (excluding diaryl/α,β-unsaturated/α-hetero) is 1. The van der Waals surface area contributed by atoms with Crippen LogP contribution in [0.1, 0.15) is 48.3 Å². The highest BCUT2D eigenvalue weighted by Crippen LogP contribution is 2.55. The quantitative estimate of drug-likeness (QED) is 0.176. The Bertz CT molecular complexity index is 1430. The smallest absolute Gasteiger partial charge is 0.310 e. The Morgan fingerprint density at radius 1 is 0.810 bits per heavy atom. The summed E-state index contributed by atoms with van der Waals surface area (Å²) in [5.41, 5.74) is 5.00. The van der Waals surface area contributed by atoms with Gasteiger partial charge in [-0.15, -0.1) is 0 Å². The lowest BCUT2D eigenvalue weighted by molar-refractivity contribution is -0.167. The van der Waals surface area contributed by atoms with Crippen LogP contribution in [0.5, 0.6) is 5.75 Å². The van der Waals surface area contributed by atoms with Crippen molar-refractivity contribution in [1.29, 1.82) is 0 Å². The standard InChI is InChI=1S/C35H40O6Si/c1-5-17-39-35(38)33-31-28-20-26(41-22-23-11-13-25(14-12-23)24-9-7-6-8-10-24)15-16-27(28)29(21-30(31)36)32(33)34(37)40-18-19-42(2,3)4/h6-16,20,29,31-33H,5,17-19,21-22H2,1-4H3/t29?,31-,32?,33-/m1/s1. The second-order valence-electron chi connectivity index (χ2n) is 12.6. The van der Waals surface area contributed by atoms with Gasteiger partial charge < -0.3 is 14.2 Å². The number of esters is 2. The van der Waals surface area contributed by atoms with Gasteiger partial charge in [0.1, 0.15) is 18.1 Å². The van der Waals surface area contributed by atoms with Crippen molar-refractivity contribution in [2.24, 2.45) is 11.8 Å². The number of rotatable bonds is 11. The molecule has 7 heteroatoms. The van der Waals surface area contributed by atoms with Crippen molar-refractivity contribution in [3.63, 3.8) is 0 Å². The van der Waals surface area contributed by atoms with Crippen molar-refractivity contribution in [3.8, 4) is 16.9 Å². The van der Waals surface area contributed by atoms with Crippen LogP contribution < -0.4 is 4.74 Å². The first-order chi connectivity index (χ1) is 20.2. The van der Waals surface area contributed by atoms with E-state index >= 15 is 0 Å². The number of fused-ring (bicyclic) bond motifs is 2. The predicted octanol–water partition coefficient (Wildman–Crippen LogP) is 7.15. The highest BCUT2D eigenvalue weighted by Gasteiger charge is 2.57. The third-order valence-corrected chi connectivity index (χ3v) is 10.0. The highest BCUT2D eigenvalue weighted by atomic mass is 28.3. The third kappa shape index (κ3) is 6.51. The minimum atomic E-state index is -1.41. The number of hydrogen-bond acceptors (Lipinski definition) is 6. The molecule has 0 spiro atoms. The van der Waals surface area contributed by atoms with Crippen LogP contribution in [0.2, 0.25) is 25.7 Å². The maximum Gasteiger partial charge on any atom is 0.310 e. The van der Waals surface area contributed by atoms with Crippen LogP contribution >= 0.6 is 0 Å². The fourth-order valence-corrected chi connectivity index (χ4v) is 6.80. The van der Waals surface area contributed by atoms with Gasteiger partial charge in [-0.05, 0) is 52.4 Å². The molecule has 1 fully saturated rings. The molecular weight excluding hydrogens is 544 g/mol. The Hall–Kier alpha value is -3.71. The molecule has 3 aliphatic carbocycles. The zero-order valence-electron chi connectivity index (χ0n) is 24.9. The summed E-state index contributed by atoms with van der Waals surface area (Å²) in [7, 11) is -1.41. The molecule has 1 saturated carbocycles. The first-order valence-corrected chi connectivity index (χ1v) is 18.6. The van der Waals surface area contributed by atoms with E-state index in [1.54, 1.807) is 0 Å². The van der Waals surface area contributed by atoms with E-state index in [-0.39, 0.29) is 18.8 Å². The van der Waals surface area contributed by atoms with E-state index < -0.39 is 43.7 Å². The number of carbonyl (C=O) groups is 3. The molecule has 220 valence electrons. The van der Waals surface area contributed by atoms with Crippen LogP contribution in [-0.2, 0) is 30.5 Å². The topological polar surface area (TPSA) is 78.9 Å². The van der Waals surface area contributed by atoms with Gasteiger partial charge in [-0.25, -0.2) is 0 Å². The van der Waals surface area contributed by atoms with Crippen molar-refractivity contribution in [3.05, 3.63) is 89.5 Å². The van der Waals surface area contributed by atoms with Crippen LogP contribution in [0.4, 0.5) is 0 Å². The molecule has 0 heterocycles. The van der Waals surface area contributed by atoms with Crippen molar-refractivity contribution in [2.75, 3.05) is 13.2 Å². The Kier molecular flexibility index (Phi) is 8.97. The molecule has 0 aliphatic heterocycles. The minimum Gasteiger partial charge on any atom is -0.489 e. The van der Waals surface area contributed by atoms with Gasteiger partial charge >= 0.3 is 11.9 Å². The average Bonchev–Trinajstić information content (AvgIpc) is 2.98. The number of benzene rings is 3. The van der Waals surface area contributed by atoms with Gasteiger partial charge in [-0.1, -0.05) is 87.2 Å². The third-order valence-electron chi connectivity index (χ3n) is 8.30. The molecule has 3 aliphatic rings. The molecule has 0 saturated heterocycles. The lowest BCUT2D eigenvalue weighted by Crippen LogP contribution is -2.50. The lowest BCUT2D eigenvalue weighted by Gasteiger charge is -2.46. The summed E-state index contributed by atoms with van der Waals surface area (Å²) in [5, 5.41) is 0. The van der Waals surface area contributed by atoms with Crippen molar-refractivity contribution < 1.29 is 28.6 Å². The molecule has 0 aromatic heterocycles. The van der Waals surface area contributed by atoms with Gasteiger partial charge in [0.2, 0.25) is 0 Å². The summed E-state index contributed by atoms with van der Waals surface area (Å²) in [6.07, 6.45) is 0.879. The average molecular weight is 585 g/mol. The van der Waals surface area contributed by atoms with Gasteiger partial charge in [0, 0.05) is 20.4 Å². The van der Waals surface area contributed by atoms with Crippen LogP contribution in [0.25, 0.3) is 11.1 Å². The monoisotopic (exact) mass is 584 g/mol. The number of ketones is 1. The molecule has 6 nitrogen and oxygen atoms in total. The summed E-state index contributed by atoms with van der Waals surface area (Å²) >= 11 is 0. The van der Waals surface area contributed by atoms with Crippen LogP contribution in [0.15, 0.2) is 72.8 Å². The summed E-state index contributed by atoms with van der Waals surface area (Å²) < 4.78 is 17.4. The molecule has 0 amide bonds. The normalized spacial score (nSPS) is 21.0. The molecule has 0 radical (unpaired) electrons. The predicted molar refractivity (Wildman–Crippen MR) is 165 cm³/mol. The first kappa shape index (κ1) is 29.8. The largest absolute Gasteiger partial charge is 0.489 e. The second kappa shape index (κ2) is 12.7. The zero-order valence-corrected chi connectivity index (χ0v) is 25.9. The summed E-state index contributed by atoms with van der Waals surface area (Å²) in [6, 6.07) is 25.0. The van der Waals surface area contributed by atoms with Crippen LogP contribution in [0.3, 0.4) is 0 Å². The molecule has 2 unspecified atom stereocenters. The molecule has 4 atom stereocenters. The molecule has 2 bridgehead atoms. The summed E-state index contributed by atoms with van der Waals surface area (Å²) in [4.78, 5) is 40.2. The van der Waals surface area contributed by atoms with Gasteiger partial charge in [0.25, 0.3) is 0 Å². The van der Waals surface area contributed by atoms with E-state index in [0.29, 0.717) is 25.4 Å². The molecule has 3 aromatic carbocycles. The van der Waals surface area contributed by atoms with Crippen molar-refractivity contribution in [1.82, 2.24) is 0 Å². The second-order valence-corrected chi connectivity index (χ2v) is 18.2. The maximum absolute atomic E-state index is 13.5. The molecule has 6 rings (SSSR count). The summed E-state index contributed by atoms with van der Waals surface area (Å²) in [6.45, 7) is 9.54. The summed E-state index contributed by atoms with van der Waals surface area (Å²) in [5.74, 6) is -3.12. The number of hydrogen-bond donors (Lipinski definition) is 0. The SMILES string of the molecule is CCCOC(=O)[C@H]1C(C(=O)OCC[Si](C)(C)C)C2CC(=O)[C@H]1c1cc(OCc3ccc(-c4ccccc4)cc3)ccc12. The van der Waals surface area contributed by atoms with E-state index in [2.05, 4.69) is 43.9 Å². The lowest BCUT2D eigenvalue weighted by atomic mass is 9.55. The van der Waals surface area contributed by atoms with E-state index in [0.717, 1.165) is 33.9 Å². The Morgan fingerprint density at radius 3 is 2.17 bits per heavy atom. The zero-order chi connectivity index (χ0) is 29.9. The molecule has 0 N–H and O–H groups in total. The molecule has 3 aromatic rings. The highest BCUT2D eigenvalue weighted by molar-refractivity contribution is 6.76. The minimum absolute atomic E-state index is 0.0363. The van der Waals surface area contributed by atoms with E-state index in [4.69, 9.17) is 14.2 Å². The van der Waals surface area contributed by atoms with Gasteiger partial charge in [-0.3, -0.25) is 14.4 Å². The number of carbonyl (C=O) groups excluding carboxylic acids is 3. The molecular formula is C35H40O6Si. The fraction of sp³-hybridized carbons (Fsp3) is 0.400. The Morgan fingerprint density at radius 2 is 1.48 bits per heavy atom. The van der Waals surface area contributed by atoms with Crippen LogP contribution in [0, 0.1) is 11.8 Å². The van der Waals surface area contributed by atoms with Crippen molar-refractivity contribution in [2.45, 2.75) is 63.9 Å². The van der Waals surface area contributed by atoms with E-state index in [9.17, 15) is 14.4 Å². The van der Waals surface area contributed by atoms with Crippen molar-refractivity contribution >= 4 is 25.8 Å². The van der Waals surface area contributed by atoms with Crippen LogP contribution in [-0.4, -0.2) is 39.0 Å². The molecule has 42 heavy (non-hydrogen) atoms. The first-order valence-electron chi connectivity index (χ1n) is 14.9. The number of ether oxygens (including phenoxy) is 3. The van der Waals surface area contributed by atoms with E-state index in [1.165, 1.54) is 0 Å². The maximum atomic E-state index is 13.5.